The Morgan fingerprint density at radius 1 is 1.00 bits per heavy atom. The number of benzene rings is 2. The largest absolute Gasteiger partial charge is 0.490 e. The average Bonchev–Trinajstić information content (AvgIpc) is 2.39. The third-order valence-corrected chi connectivity index (χ3v) is 2.95. The van der Waals surface area contributed by atoms with E-state index in [1.807, 2.05) is 32.9 Å². The first-order valence-corrected chi connectivity index (χ1v) is 6.97. The first-order valence-electron chi connectivity index (χ1n) is 6.97. The Kier molecular flexibility index (Phi) is 4.68. The number of halogens is 1. The third-order valence-electron chi connectivity index (χ3n) is 2.95. The lowest BCUT2D eigenvalue weighted by Gasteiger charge is -2.13. The molecule has 0 saturated carbocycles. The maximum atomic E-state index is 13.8. The lowest BCUT2D eigenvalue weighted by Crippen LogP contribution is -2.00. The summed E-state index contributed by atoms with van der Waals surface area (Å²) >= 11 is 0. The van der Waals surface area contributed by atoms with Gasteiger partial charge in [0, 0.05) is 12.1 Å². The second-order valence-electron chi connectivity index (χ2n) is 5.09. The van der Waals surface area contributed by atoms with E-state index in [1.54, 1.807) is 0 Å². The van der Waals surface area contributed by atoms with Crippen molar-refractivity contribution in [1.82, 2.24) is 0 Å². The standard InChI is InChI=1S/C17H20FNO2/c1-4-5-20-16-10-17(15(19)9-14(16)18)21-13-7-11(2)6-12(3)8-13/h6-10H,4-5,19H2,1-3H3. The Bertz CT molecular complexity index is 621. The fourth-order valence-corrected chi connectivity index (χ4v) is 2.08. The van der Waals surface area contributed by atoms with Gasteiger partial charge in [-0.1, -0.05) is 13.0 Å². The van der Waals surface area contributed by atoms with Crippen molar-refractivity contribution in [3.05, 3.63) is 47.3 Å². The van der Waals surface area contributed by atoms with Crippen molar-refractivity contribution in [1.29, 1.82) is 0 Å². The van der Waals surface area contributed by atoms with Crippen molar-refractivity contribution >= 4 is 5.69 Å². The quantitative estimate of drug-likeness (QED) is 0.818. The molecule has 0 aliphatic rings. The minimum absolute atomic E-state index is 0.158. The van der Waals surface area contributed by atoms with Gasteiger partial charge < -0.3 is 15.2 Å². The summed E-state index contributed by atoms with van der Waals surface area (Å²) in [6, 6.07) is 8.59. The molecule has 2 aromatic carbocycles. The molecule has 0 spiro atoms. The van der Waals surface area contributed by atoms with Crippen LogP contribution in [0.25, 0.3) is 0 Å². The minimum atomic E-state index is -0.478. The van der Waals surface area contributed by atoms with Gasteiger partial charge in [-0.3, -0.25) is 0 Å². The summed E-state index contributed by atoms with van der Waals surface area (Å²) in [6.45, 7) is 6.39. The molecule has 0 saturated heterocycles. The highest BCUT2D eigenvalue weighted by molar-refractivity contribution is 5.57. The van der Waals surface area contributed by atoms with Crippen molar-refractivity contribution in [3.63, 3.8) is 0 Å². The van der Waals surface area contributed by atoms with Crippen molar-refractivity contribution in [2.75, 3.05) is 12.3 Å². The van der Waals surface area contributed by atoms with Crippen LogP contribution in [0, 0.1) is 19.7 Å². The SMILES string of the molecule is CCCOc1cc(Oc2cc(C)cc(C)c2)c(N)cc1F. The molecule has 0 fully saturated rings. The number of ether oxygens (including phenoxy) is 2. The molecule has 2 N–H and O–H groups in total. The van der Waals surface area contributed by atoms with Crippen LogP contribution in [0.1, 0.15) is 24.5 Å². The summed E-state index contributed by atoms with van der Waals surface area (Å²) in [5.41, 5.74) is 8.25. The summed E-state index contributed by atoms with van der Waals surface area (Å²) in [4.78, 5) is 0. The van der Waals surface area contributed by atoms with Gasteiger partial charge in [-0.05, 0) is 43.5 Å². The highest BCUT2D eigenvalue weighted by Crippen LogP contribution is 2.34. The Hall–Kier alpha value is -2.23. The number of nitrogens with two attached hydrogens (primary N) is 1. The van der Waals surface area contributed by atoms with Gasteiger partial charge in [0.15, 0.2) is 17.3 Å². The normalized spacial score (nSPS) is 10.5. The third kappa shape index (κ3) is 3.88. The van der Waals surface area contributed by atoms with Crippen molar-refractivity contribution in [3.8, 4) is 17.2 Å². The molecule has 0 radical (unpaired) electrons. The molecule has 0 bridgehead atoms. The van der Waals surface area contributed by atoms with Gasteiger partial charge in [0.05, 0.1) is 12.3 Å². The molecule has 4 heteroatoms. The molecule has 2 aromatic rings. The van der Waals surface area contributed by atoms with Gasteiger partial charge in [-0.15, -0.1) is 0 Å². The predicted molar refractivity (Wildman–Crippen MR) is 82.6 cm³/mol. The van der Waals surface area contributed by atoms with E-state index in [2.05, 4.69) is 6.07 Å². The fraction of sp³-hybridized carbons (Fsp3) is 0.294. The maximum Gasteiger partial charge on any atom is 0.167 e. The van der Waals surface area contributed by atoms with Crippen molar-refractivity contribution in [2.24, 2.45) is 0 Å². The molecule has 21 heavy (non-hydrogen) atoms. The van der Waals surface area contributed by atoms with Gasteiger partial charge in [0.2, 0.25) is 0 Å². The number of aryl methyl sites for hydroxylation is 2. The number of anilines is 1. The van der Waals surface area contributed by atoms with Crippen LogP contribution in [0.15, 0.2) is 30.3 Å². The average molecular weight is 289 g/mol. The van der Waals surface area contributed by atoms with Crippen molar-refractivity contribution < 1.29 is 13.9 Å². The van der Waals surface area contributed by atoms with E-state index in [-0.39, 0.29) is 11.4 Å². The van der Waals surface area contributed by atoms with Crippen LogP contribution in [-0.2, 0) is 0 Å². The highest BCUT2D eigenvalue weighted by Gasteiger charge is 2.11. The zero-order valence-electron chi connectivity index (χ0n) is 12.6. The van der Waals surface area contributed by atoms with E-state index in [9.17, 15) is 4.39 Å². The summed E-state index contributed by atoms with van der Waals surface area (Å²) in [6.07, 6.45) is 0.803. The number of nitrogen functional groups attached to an aromatic ring is 1. The summed E-state index contributed by atoms with van der Waals surface area (Å²) in [5, 5.41) is 0. The van der Waals surface area contributed by atoms with Crippen LogP contribution in [-0.4, -0.2) is 6.61 Å². The fourth-order valence-electron chi connectivity index (χ4n) is 2.08. The monoisotopic (exact) mass is 289 g/mol. The van der Waals surface area contributed by atoms with E-state index in [0.29, 0.717) is 18.1 Å². The van der Waals surface area contributed by atoms with Crippen LogP contribution in [0.3, 0.4) is 0 Å². The van der Waals surface area contributed by atoms with Crippen LogP contribution < -0.4 is 15.2 Å². The van der Waals surface area contributed by atoms with Crippen molar-refractivity contribution in [2.45, 2.75) is 27.2 Å². The molecule has 0 heterocycles. The second kappa shape index (κ2) is 6.48. The molecule has 112 valence electrons. The smallest absolute Gasteiger partial charge is 0.167 e. The van der Waals surface area contributed by atoms with Gasteiger partial charge in [0.1, 0.15) is 5.75 Å². The molecule has 0 aliphatic heterocycles. The molecular weight excluding hydrogens is 269 g/mol. The predicted octanol–water partition coefficient (Wildman–Crippen LogP) is 4.61. The van der Waals surface area contributed by atoms with E-state index in [0.717, 1.165) is 17.5 Å². The number of hydrogen-bond acceptors (Lipinski definition) is 3. The van der Waals surface area contributed by atoms with E-state index < -0.39 is 5.82 Å². The summed E-state index contributed by atoms with van der Waals surface area (Å²) < 4.78 is 24.9. The molecule has 0 aliphatic carbocycles. The first kappa shape index (κ1) is 15.2. The van der Waals surface area contributed by atoms with Gasteiger partial charge >= 0.3 is 0 Å². The molecule has 0 aromatic heterocycles. The van der Waals surface area contributed by atoms with Crippen LogP contribution >= 0.6 is 0 Å². The molecule has 2 rings (SSSR count). The van der Waals surface area contributed by atoms with Crippen LogP contribution in [0.2, 0.25) is 0 Å². The lowest BCUT2D eigenvalue weighted by molar-refractivity contribution is 0.300. The van der Waals surface area contributed by atoms with E-state index in [1.165, 1.54) is 12.1 Å². The molecular formula is C17H20FNO2. The molecule has 3 nitrogen and oxygen atoms in total. The van der Waals surface area contributed by atoms with Gasteiger partial charge in [-0.25, -0.2) is 4.39 Å². The number of rotatable bonds is 5. The zero-order chi connectivity index (χ0) is 15.4. The maximum absolute atomic E-state index is 13.8. The van der Waals surface area contributed by atoms with Gasteiger partial charge in [0.25, 0.3) is 0 Å². The van der Waals surface area contributed by atoms with Gasteiger partial charge in [-0.2, -0.15) is 0 Å². The van der Waals surface area contributed by atoms with E-state index in [4.69, 9.17) is 15.2 Å². The minimum Gasteiger partial charge on any atom is -0.490 e. The Balaban J connectivity index is 2.30. The molecule has 0 unspecified atom stereocenters. The first-order chi connectivity index (χ1) is 9.99. The van der Waals surface area contributed by atoms with Crippen LogP contribution in [0.5, 0.6) is 17.2 Å². The Labute approximate surface area is 124 Å². The van der Waals surface area contributed by atoms with Crippen LogP contribution in [0.4, 0.5) is 10.1 Å². The Morgan fingerprint density at radius 2 is 1.67 bits per heavy atom. The van der Waals surface area contributed by atoms with E-state index >= 15 is 0 Å². The molecule has 0 amide bonds. The lowest BCUT2D eigenvalue weighted by atomic mass is 10.1. The number of hydrogen-bond donors (Lipinski definition) is 1. The molecule has 0 atom stereocenters. The summed E-state index contributed by atoms with van der Waals surface area (Å²) in [5.74, 6) is 0.749. The highest BCUT2D eigenvalue weighted by atomic mass is 19.1. The zero-order valence-corrected chi connectivity index (χ0v) is 12.6. The second-order valence-corrected chi connectivity index (χ2v) is 5.09. The Morgan fingerprint density at radius 3 is 2.29 bits per heavy atom. The summed E-state index contributed by atoms with van der Waals surface area (Å²) in [7, 11) is 0. The topological polar surface area (TPSA) is 44.5 Å².